The SMILES string of the molecule is O=C1COC(C2CC2)CCN1. The predicted octanol–water partition coefficient (Wildman–Crippen LogP) is 0.301. The van der Waals surface area contributed by atoms with Gasteiger partial charge in [-0.05, 0) is 25.2 Å². The Morgan fingerprint density at radius 2 is 2.18 bits per heavy atom. The van der Waals surface area contributed by atoms with Crippen LogP contribution < -0.4 is 5.32 Å². The molecule has 1 aliphatic heterocycles. The van der Waals surface area contributed by atoms with Crippen LogP contribution in [0, 0.1) is 5.92 Å². The lowest BCUT2D eigenvalue weighted by atomic mass is 10.2. The molecule has 1 amide bonds. The van der Waals surface area contributed by atoms with E-state index in [9.17, 15) is 4.79 Å². The maximum absolute atomic E-state index is 10.8. The third-order valence-corrected chi connectivity index (χ3v) is 2.33. The van der Waals surface area contributed by atoms with Gasteiger partial charge in [0.05, 0.1) is 6.10 Å². The van der Waals surface area contributed by atoms with Gasteiger partial charge < -0.3 is 10.1 Å². The van der Waals surface area contributed by atoms with Gasteiger partial charge >= 0.3 is 0 Å². The highest BCUT2D eigenvalue weighted by atomic mass is 16.5. The van der Waals surface area contributed by atoms with E-state index in [2.05, 4.69) is 5.32 Å². The van der Waals surface area contributed by atoms with Gasteiger partial charge in [-0.2, -0.15) is 0 Å². The molecule has 1 N–H and O–H groups in total. The van der Waals surface area contributed by atoms with E-state index in [4.69, 9.17) is 4.74 Å². The number of amides is 1. The molecular weight excluding hydrogens is 142 g/mol. The van der Waals surface area contributed by atoms with E-state index in [0.717, 1.165) is 18.9 Å². The molecule has 0 aromatic heterocycles. The van der Waals surface area contributed by atoms with Crippen molar-refractivity contribution in [3.05, 3.63) is 0 Å². The van der Waals surface area contributed by atoms with Crippen molar-refractivity contribution in [2.24, 2.45) is 5.92 Å². The molecule has 1 heterocycles. The lowest BCUT2D eigenvalue weighted by Gasteiger charge is -2.11. The highest BCUT2D eigenvalue weighted by Crippen LogP contribution is 2.35. The summed E-state index contributed by atoms with van der Waals surface area (Å²) in [6.45, 7) is 1.06. The van der Waals surface area contributed by atoms with Gasteiger partial charge in [0.25, 0.3) is 0 Å². The number of nitrogens with one attached hydrogen (secondary N) is 1. The monoisotopic (exact) mass is 155 g/mol. The first-order valence-corrected chi connectivity index (χ1v) is 4.24. The number of hydrogen-bond donors (Lipinski definition) is 1. The van der Waals surface area contributed by atoms with E-state index in [1.165, 1.54) is 12.8 Å². The van der Waals surface area contributed by atoms with Crippen molar-refractivity contribution in [3.8, 4) is 0 Å². The third kappa shape index (κ3) is 1.71. The Balaban J connectivity index is 1.87. The van der Waals surface area contributed by atoms with Crippen molar-refractivity contribution < 1.29 is 9.53 Å². The summed E-state index contributed by atoms with van der Waals surface area (Å²) in [7, 11) is 0. The summed E-state index contributed by atoms with van der Waals surface area (Å²) in [5, 5.41) is 2.79. The number of ether oxygens (including phenoxy) is 1. The number of carbonyl (C=O) groups is 1. The third-order valence-electron chi connectivity index (χ3n) is 2.33. The Bertz CT molecular complexity index is 165. The maximum Gasteiger partial charge on any atom is 0.246 e. The van der Waals surface area contributed by atoms with Crippen molar-refractivity contribution in [1.29, 1.82) is 0 Å². The van der Waals surface area contributed by atoms with Gasteiger partial charge in [-0.1, -0.05) is 0 Å². The number of hydrogen-bond acceptors (Lipinski definition) is 2. The summed E-state index contributed by atoms with van der Waals surface area (Å²) in [4.78, 5) is 10.8. The normalized spacial score (nSPS) is 32.7. The Hall–Kier alpha value is -0.570. The molecule has 1 aliphatic carbocycles. The highest BCUT2D eigenvalue weighted by molar-refractivity contribution is 5.77. The minimum atomic E-state index is 0.0353. The van der Waals surface area contributed by atoms with Crippen LogP contribution in [0.1, 0.15) is 19.3 Å². The van der Waals surface area contributed by atoms with E-state index >= 15 is 0 Å². The van der Waals surface area contributed by atoms with Crippen LogP contribution in [-0.4, -0.2) is 25.2 Å². The Morgan fingerprint density at radius 1 is 1.36 bits per heavy atom. The fraction of sp³-hybridized carbons (Fsp3) is 0.875. The molecule has 2 fully saturated rings. The van der Waals surface area contributed by atoms with Crippen LogP contribution in [0.2, 0.25) is 0 Å². The summed E-state index contributed by atoms with van der Waals surface area (Å²) < 4.78 is 5.43. The molecule has 0 radical (unpaired) electrons. The summed E-state index contributed by atoms with van der Waals surface area (Å²) >= 11 is 0. The van der Waals surface area contributed by atoms with E-state index in [0.29, 0.717) is 6.10 Å². The molecule has 3 nitrogen and oxygen atoms in total. The van der Waals surface area contributed by atoms with Crippen LogP contribution in [-0.2, 0) is 9.53 Å². The molecule has 1 atom stereocenters. The number of carbonyl (C=O) groups excluding carboxylic acids is 1. The maximum atomic E-state index is 10.8. The Morgan fingerprint density at radius 3 is 2.91 bits per heavy atom. The standard InChI is InChI=1S/C8H13NO2/c10-8-5-11-7(3-4-9-8)6-1-2-6/h6-7H,1-5H2,(H,9,10). The molecule has 62 valence electrons. The molecule has 0 aromatic carbocycles. The molecule has 0 spiro atoms. The summed E-state index contributed by atoms with van der Waals surface area (Å²) in [6, 6.07) is 0. The first-order chi connectivity index (χ1) is 5.36. The van der Waals surface area contributed by atoms with Crippen molar-refractivity contribution >= 4 is 5.91 Å². The second-order valence-corrected chi connectivity index (χ2v) is 3.33. The van der Waals surface area contributed by atoms with Crippen LogP contribution in [0.15, 0.2) is 0 Å². The van der Waals surface area contributed by atoms with Gasteiger partial charge in [0.15, 0.2) is 0 Å². The Labute approximate surface area is 66.1 Å². The van der Waals surface area contributed by atoms with Crippen LogP contribution >= 0.6 is 0 Å². The molecular formula is C8H13NO2. The van der Waals surface area contributed by atoms with Crippen LogP contribution in [0.5, 0.6) is 0 Å². The summed E-state index contributed by atoms with van der Waals surface area (Å²) in [6.07, 6.45) is 3.93. The average Bonchev–Trinajstić information content (AvgIpc) is 2.73. The largest absolute Gasteiger partial charge is 0.368 e. The minimum Gasteiger partial charge on any atom is -0.368 e. The van der Waals surface area contributed by atoms with Crippen molar-refractivity contribution in [2.45, 2.75) is 25.4 Å². The van der Waals surface area contributed by atoms with Crippen LogP contribution in [0.3, 0.4) is 0 Å². The van der Waals surface area contributed by atoms with E-state index in [1.807, 2.05) is 0 Å². The van der Waals surface area contributed by atoms with E-state index < -0.39 is 0 Å². The second kappa shape index (κ2) is 2.81. The van der Waals surface area contributed by atoms with Gasteiger partial charge in [0.2, 0.25) is 5.91 Å². The molecule has 11 heavy (non-hydrogen) atoms. The smallest absolute Gasteiger partial charge is 0.246 e. The topological polar surface area (TPSA) is 38.3 Å². The van der Waals surface area contributed by atoms with Gasteiger partial charge in [0.1, 0.15) is 6.61 Å². The fourth-order valence-electron chi connectivity index (χ4n) is 1.51. The lowest BCUT2D eigenvalue weighted by molar-refractivity contribution is -0.125. The zero-order chi connectivity index (χ0) is 7.68. The van der Waals surface area contributed by atoms with Crippen molar-refractivity contribution in [2.75, 3.05) is 13.2 Å². The van der Waals surface area contributed by atoms with Gasteiger partial charge in [0, 0.05) is 6.54 Å². The quantitative estimate of drug-likeness (QED) is 0.591. The first kappa shape index (κ1) is 7.10. The van der Waals surface area contributed by atoms with E-state index in [1.54, 1.807) is 0 Å². The van der Waals surface area contributed by atoms with E-state index in [-0.39, 0.29) is 12.5 Å². The van der Waals surface area contributed by atoms with Gasteiger partial charge in [-0.15, -0.1) is 0 Å². The van der Waals surface area contributed by atoms with Crippen LogP contribution in [0.25, 0.3) is 0 Å². The van der Waals surface area contributed by atoms with Gasteiger partial charge in [-0.3, -0.25) is 4.79 Å². The molecule has 3 heteroatoms. The second-order valence-electron chi connectivity index (χ2n) is 3.33. The summed E-state index contributed by atoms with van der Waals surface area (Å²) in [5.41, 5.74) is 0. The fourth-order valence-corrected chi connectivity index (χ4v) is 1.51. The molecule has 0 aromatic rings. The molecule has 1 unspecified atom stereocenters. The molecule has 2 rings (SSSR count). The van der Waals surface area contributed by atoms with Crippen molar-refractivity contribution in [1.82, 2.24) is 5.32 Å². The van der Waals surface area contributed by atoms with Crippen LogP contribution in [0.4, 0.5) is 0 Å². The highest BCUT2D eigenvalue weighted by Gasteiger charge is 2.33. The minimum absolute atomic E-state index is 0.0353. The van der Waals surface area contributed by atoms with Gasteiger partial charge in [-0.25, -0.2) is 0 Å². The molecule has 2 aliphatic rings. The predicted molar refractivity (Wildman–Crippen MR) is 40.1 cm³/mol. The lowest BCUT2D eigenvalue weighted by Crippen LogP contribution is -2.24. The molecule has 0 bridgehead atoms. The molecule has 1 saturated carbocycles. The summed E-state index contributed by atoms with van der Waals surface area (Å²) in [5.74, 6) is 0.788. The zero-order valence-electron chi connectivity index (χ0n) is 6.51. The first-order valence-electron chi connectivity index (χ1n) is 4.24. The zero-order valence-corrected chi connectivity index (χ0v) is 6.51. The molecule has 1 saturated heterocycles. The Kier molecular flexibility index (Phi) is 1.82. The average molecular weight is 155 g/mol. The van der Waals surface area contributed by atoms with Crippen molar-refractivity contribution in [3.63, 3.8) is 0 Å². The number of rotatable bonds is 1.